The van der Waals surface area contributed by atoms with Crippen LogP contribution < -0.4 is 4.74 Å². The average molecular weight is 539 g/mol. The number of rotatable bonds is 5. The van der Waals surface area contributed by atoms with Crippen molar-refractivity contribution in [2.24, 2.45) is 0 Å². The lowest BCUT2D eigenvalue weighted by Crippen LogP contribution is -2.42. The van der Waals surface area contributed by atoms with Crippen LogP contribution in [-0.2, 0) is 13.0 Å². The molecule has 1 atom stereocenters. The molecule has 0 saturated heterocycles. The van der Waals surface area contributed by atoms with Gasteiger partial charge in [-0.1, -0.05) is 6.07 Å². The maximum absolute atomic E-state index is 14.0. The summed E-state index contributed by atoms with van der Waals surface area (Å²) in [7, 11) is 0. The van der Waals surface area contributed by atoms with Crippen LogP contribution in [0.2, 0.25) is 0 Å². The van der Waals surface area contributed by atoms with E-state index in [1.165, 1.54) is 11.0 Å². The van der Waals surface area contributed by atoms with Gasteiger partial charge in [0.1, 0.15) is 9.53 Å². The first-order valence-corrected chi connectivity index (χ1v) is 10.5. The van der Waals surface area contributed by atoms with Gasteiger partial charge in [-0.2, -0.15) is 0 Å². The first-order chi connectivity index (χ1) is 14.1. The summed E-state index contributed by atoms with van der Waals surface area (Å²) in [5.74, 6) is -0.597. The smallest absolute Gasteiger partial charge is 0.465 e. The quantitative estimate of drug-likeness (QED) is 0.426. The fourth-order valence-electron chi connectivity index (χ4n) is 3.90. The molecule has 1 N–H and O–H groups in total. The highest BCUT2D eigenvalue weighted by atomic mass is 127. The summed E-state index contributed by atoms with van der Waals surface area (Å²) < 4.78 is 57.5. The first-order valence-electron chi connectivity index (χ1n) is 9.43. The lowest BCUT2D eigenvalue weighted by Gasteiger charge is -2.35. The maximum atomic E-state index is 14.0. The number of carbonyl (C=O) groups is 1. The van der Waals surface area contributed by atoms with Crippen molar-refractivity contribution in [2.45, 2.75) is 50.6 Å². The molecule has 0 radical (unpaired) electrons. The van der Waals surface area contributed by atoms with Gasteiger partial charge < -0.3 is 14.4 Å². The highest BCUT2D eigenvalue weighted by Gasteiger charge is 2.38. The molecule has 1 aromatic heterocycles. The number of alkyl halides is 3. The molecule has 30 heavy (non-hydrogen) atoms. The van der Waals surface area contributed by atoms with Gasteiger partial charge in [-0.05, 0) is 66.0 Å². The van der Waals surface area contributed by atoms with Gasteiger partial charge in [0.15, 0.2) is 11.6 Å². The zero-order valence-corrected chi connectivity index (χ0v) is 17.8. The van der Waals surface area contributed by atoms with Crippen molar-refractivity contribution in [3.8, 4) is 5.75 Å². The molecule has 0 spiro atoms. The van der Waals surface area contributed by atoms with E-state index in [1.54, 1.807) is 0 Å². The van der Waals surface area contributed by atoms with Crippen molar-refractivity contribution < 1.29 is 32.2 Å². The molecule has 1 saturated carbocycles. The van der Waals surface area contributed by atoms with Crippen LogP contribution in [-0.4, -0.2) is 38.6 Å². The lowest BCUT2D eigenvalue weighted by atomic mass is 10.00. The van der Waals surface area contributed by atoms with E-state index in [1.807, 2.05) is 0 Å². The number of hydrogen-bond acceptors (Lipinski definition) is 3. The Hall–Kier alpha value is -2.05. The molecule has 1 aliphatic heterocycles. The van der Waals surface area contributed by atoms with E-state index in [4.69, 9.17) is 0 Å². The highest BCUT2D eigenvalue weighted by molar-refractivity contribution is 14.1. The number of fused-ring (bicyclic) bond motifs is 1. The van der Waals surface area contributed by atoms with Crippen molar-refractivity contribution in [2.75, 3.05) is 6.54 Å². The van der Waals surface area contributed by atoms with E-state index in [-0.39, 0.29) is 6.42 Å². The zero-order chi connectivity index (χ0) is 21.6. The molecule has 2 heterocycles. The second kappa shape index (κ2) is 7.89. The second-order valence-corrected chi connectivity index (χ2v) is 8.44. The third kappa shape index (κ3) is 4.35. The molecule has 6 nitrogen and oxygen atoms in total. The van der Waals surface area contributed by atoms with E-state index >= 15 is 0 Å². The number of ether oxygens (including phenoxy) is 1. The Morgan fingerprint density at radius 2 is 2.03 bits per heavy atom. The van der Waals surface area contributed by atoms with Crippen molar-refractivity contribution in [1.82, 2.24) is 14.5 Å². The Morgan fingerprint density at radius 3 is 2.63 bits per heavy atom. The van der Waals surface area contributed by atoms with Crippen molar-refractivity contribution in [3.05, 3.63) is 44.8 Å². The van der Waals surface area contributed by atoms with E-state index < -0.39 is 30.1 Å². The SMILES string of the molecule is O=C(O)N1CCn2c(C3CC3)nc(I)c2C1CCc1ccc(OC(F)(F)F)c(F)c1. The number of nitrogens with zero attached hydrogens (tertiary/aromatic N) is 3. The summed E-state index contributed by atoms with van der Waals surface area (Å²) in [5, 5.41) is 9.65. The minimum absolute atomic E-state index is 0.289. The molecule has 1 aliphatic carbocycles. The molecule has 2 aromatic rings. The second-order valence-electron chi connectivity index (χ2n) is 7.41. The highest BCUT2D eigenvalue weighted by Crippen LogP contribution is 2.43. The minimum Gasteiger partial charge on any atom is -0.465 e. The standard InChI is InChI=1S/C19H18F4IN3O3/c20-12-9-10(2-6-14(12)30-19(21,22)23)1-5-13-15-16(24)25-17(11-3-4-11)27(15)8-7-26(13)18(28)29/h2,6,9,11,13H,1,3-5,7-8H2,(H,28,29). The average Bonchev–Trinajstić information content (AvgIpc) is 3.44. The number of imidazole rings is 1. The number of aryl methyl sites for hydroxylation is 1. The van der Waals surface area contributed by atoms with Crippen LogP contribution in [0, 0.1) is 9.52 Å². The van der Waals surface area contributed by atoms with E-state index in [0.717, 1.165) is 40.2 Å². The van der Waals surface area contributed by atoms with Crippen LogP contribution in [0.1, 0.15) is 48.3 Å². The normalized spacial score (nSPS) is 19.0. The number of halogens is 5. The third-order valence-corrected chi connectivity index (χ3v) is 6.16. The van der Waals surface area contributed by atoms with Crippen LogP contribution >= 0.6 is 22.6 Å². The Bertz CT molecular complexity index is 975. The van der Waals surface area contributed by atoms with Crippen LogP contribution in [0.4, 0.5) is 22.4 Å². The van der Waals surface area contributed by atoms with Gasteiger partial charge in [-0.25, -0.2) is 14.2 Å². The molecule has 11 heteroatoms. The van der Waals surface area contributed by atoms with E-state index in [2.05, 4.69) is 36.9 Å². The summed E-state index contributed by atoms with van der Waals surface area (Å²) >= 11 is 2.12. The molecule has 2 aliphatic rings. The fraction of sp³-hybridized carbons (Fsp3) is 0.474. The number of aromatic nitrogens is 2. The van der Waals surface area contributed by atoms with Crippen LogP contribution in [0.5, 0.6) is 5.75 Å². The van der Waals surface area contributed by atoms with Gasteiger partial charge in [0.05, 0.1) is 11.7 Å². The Kier molecular flexibility index (Phi) is 5.58. The lowest BCUT2D eigenvalue weighted by molar-refractivity contribution is -0.275. The largest absolute Gasteiger partial charge is 0.573 e. The topological polar surface area (TPSA) is 67.6 Å². The summed E-state index contributed by atoms with van der Waals surface area (Å²) in [6.45, 7) is 0.865. The molecule has 0 bridgehead atoms. The molecule has 1 aromatic carbocycles. The summed E-state index contributed by atoms with van der Waals surface area (Å²) in [4.78, 5) is 17.8. The molecular formula is C19H18F4IN3O3. The van der Waals surface area contributed by atoms with Gasteiger partial charge in [0, 0.05) is 19.0 Å². The van der Waals surface area contributed by atoms with Gasteiger partial charge in [0.2, 0.25) is 0 Å². The molecule has 1 amide bonds. The molecule has 4 rings (SSSR count). The minimum atomic E-state index is -4.97. The number of carboxylic acid groups (broad SMARTS) is 1. The van der Waals surface area contributed by atoms with Gasteiger partial charge in [0.25, 0.3) is 0 Å². The summed E-state index contributed by atoms with van der Waals surface area (Å²) in [6, 6.07) is 2.83. The molecule has 1 fully saturated rings. The van der Waals surface area contributed by atoms with Crippen molar-refractivity contribution >= 4 is 28.7 Å². The predicted molar refractivity (Wildman–Crippen MR) is 106 cm³/mol. The molecule has 162 valence electrons. The number of hydrogen-bond donors (Lipinski definition) is 1. The fourth-order valence-corrected chi connectivity index (χ4v) is 4.80. The monoisotopic (exact) mass is 539 g/mol. The van der Waals surface area contributed by atoms with E-state index in [0.29, 0.717) is 31.0 Å². The third-order valence-electron chi connectivity index (χ3n) is 5.36. The van der Waals surface area contributed by atoms with E-state index in [9.17, 15) is 27.5 Å². The van der Waals surface area contributed by atoms with Crippen molar-refractivity contribution in [3.63, 3.8) is 0 Å². The maximum Gasteiger partial charge on any atom is 0.573 e. The van der Waals surface area contributed by atoms with Crippen LogP contribution in [0.15, 0.2) is 18.2 Å². The van der Waals surface area contributed by atoms with Crippen LogP contribution in [0.25, 0.3) is 0 Å². The number of amides is 1. The Balaban J connectivity index is 1.56. The molecule has 1 unspecified atom stereocenters. The number of benzene rings is 1. The van der Waals surface area contributed by atoms with Gasteiger partial charge in [-0.3, -0.25) is 4.90 Å². The van der Waals surface area contributed by atoms with Gasteiger partial charge in [-0.15, -0.1) is 13.2 Å². The summed E-state index contributed by atoms with van der Waals surface area (Å²) in [6.07, 6.45) is -3.22. The zero-order valence-electron chi connectivity index (χ0n) is 15.6. The first kappa shape index (κ1) is 21.2. The Labute approximate surface area is 183 Å². The summed E-state index contributed by atoms with van der Waals surface area (Å²) in [5.41, 5.74) is 1.30. The van der Waals surface area contributed by atoms with Crippen LogP contribution in [0.3, 0.4) is 0 Å². The Morgan fingerprint density at radius 1 is 1.30 bits per heavy atom. The molecular weight excluding hydrogens is 521 g/mol. The van der Waals surface area contributed by atoms with Crippen molar-refractivity contribution in [1.29, 1.82) is 0 Å². The predicted octanol–water partition coefficient (Wildman–Crippen LogP) is 5.07. The van der Waals surface area contributed by atoms with Gasteiger partial charge >= 0.3 is 12.5 Å².